The molecule has 156 valence electrons. The fraction of sp³-hybridized carbons (Fsp3) is 0.765. The molecule has 3 unspecified atom stereocenters. The van der Waals surface area contributed by atoms with Crippen molar-refractivity contribution in [1.29, 1.82) is 0 Å². The Balaban J connectivity index is 5.01. The second-order valence-corrected chi connectivity index (χ2v) is 6.91. The molecule has 0 aliphatic heterocycles. The number of carbonyl (C=O) groups excluding carboxylic acids is 2. The Bertz CT molecular complexity index is 512. The summed E-state index contributed by atoms with van der Waals surface area (Å²) >= 11 is 0. The van der Waals surface area contributed by atoms with Gasteiger partial charge in [0.25, 0.3) is 0 Å². The number of rotatable bonds is 14. The van der Waals surface area contributed by atoms with E-state index in [9.17, 15) is 24.3 Å². The summed E-state index contributed by atoms with van der Waals surface area (Å²) in [5.41, 5.74) is 11.2. The molecule has 0 saturated heterocycles. The van der Waals surface area contributed by atoms with Gasteiger partial charge in [-0.15, -0.1) is 0 Å². The maximum atomic E-state index is 12.4. The second-order valence-electron chi connectivity index (χ2n) is 6.91. The number of carboxylic acids is 2. The van der Waals surface area contributed by atoms with Gasteiger partial charge < -0.3 is 32.3 Å². The number of nitrogens with two attached hydrogens (primary N) is 2. The number of carbonyl (C=O) groups is 4. The highest BCUT2D eigenvalue weighted by atomic mass is 16.4. The van der Waals surface area contributed by atoms with E-state index in [4.69, 9.17) is 16.6 Å². The predicted molar refractivity (Wildman–Crippen MR) is 98.7 cm³/mol. The van der Waals surface area contributed by atoms with Gasteiger partial charge in [0, 0.05) is 6.42 Å². The van der Waals surface area contributed by atoms with Gasteiger partial charge in [0.05, 0.1) is 6.04 Å². The lowest BCUT2D eigenvalue weighted by Gasteiger charge is -2.23. The standard InChI is InChI=1S/C17H32N4O6/c1-10(2)9-11(19)15(24)20-12(6-7-14(22)23)16(25)21-13(17(26)27)5-3-4-8-18/h10-13H,3-9,18-19H2,1-2H3,(H,20,24)(H,21,25)(H,22,23)(H,26,27). The average Bonchev–Trinajstić information content (AvgIpc) is 2.56. The van der Waals surface area contributed by atoms with Gasteiger partial charge >= 0.3 is 11.9 Å². The third kappa shape index (κ3) is 11.2. The van der Waals surface area contributed by atoms with Crippen molar-refractivity contribution in [1.82, 2.24) is 10.6 Å². The average molecular weight is 388 g/mol. The fourth-order valence-electron chi connectivity index (χ4n) is 2.45. The summed E-state index contributed by atoms with van der Waals surface area (Å²) in [7, 11) is 0. The molecule has 0 heterocycles. The number of hydrogen-bond donors (Lipinski definition) is 6. The van der Waals surface area contributed by atoms with Gasteiger partial charge in [-0.25, -0.2) is 4.79 Å². The SMILES string of the molecule is CC(C)CC(N)C(=O)NC(CCC(=O)O)C(=O)NC(CCCCN)C(=O)O. The van der Waals surface area contributed by atoms with Crippen LogP contribution in [0.2, 0.25) is 0 Å². The maximum Gasteiger partial charge on any atom is 0.326 e. The van der Waals surface area contributed by atoms with E-state index in [1.807, 2.05) is 13.8 Å². The van der Waals surface area contributed by atoms with Crippen LogP contribution in [0.4, 0.5) is 0 Å². The first-order chi connectivity index (χ1) is 12.6. The van der Waals surface area contributed by atoms with E-state index in [1.165, 1.54) is 0 Å². The minimum atomic E-state index is -1.21. The highest BCUT2D eigenvalue weighted by molar-refractivity contribution is 5.92. The monoisotopic (exact) mass is 388 g/mol. The van der Waals surface area contributed by atoms with Crippen LogP contribution in [0.3, 0.4) is 0 Å². The Labute approximate surface area is 159 Å². The van der Waals surface area contributed by atoms with Crippen molar-refractivity contribution in [2.75, 3.05) is 6.54 Å². The first-order valence-electron chi connectivity index (χ1n) is 9.09. The molecule has 0 spiro atoms. The summed E-state index contributed by atoms with van der Waals surface area (Å²) in [4.78, 5) is 46.8. The van der Waals surface area contributed by atoms with Crippen molar-refractivity contribution < 1.29 is 29.4 Å². The summed E-state index contributed by atoms with van der Waals surface area (Å²) in [5.74, 6) is -3.51. The molecule has 0 radical (unpaired) electrons. The van der Waals surface area contributed by atoms with E-state index >= 15 is 0 Å². The first kappa shape index (κ1) is 24.8. The molecule has 0 aromatic heterocycles. The van der Waals surface area contributed by atoms with E-state index in [-0.39, 0.29) is 25.2 Å². The van der Waals surface area contributed by atoms with E-state index < -0.39 is 41.9 Å². The van der Waals surface area contributed by atoms with Crippen LogP contribution in [0, 0.1) is 5.92 Å². The lowest BCUT2D eigenvalue weighted by molar-refractivity contribution is -0.143. The highest BCUT2D eigenvalue weighted by Gasteiger charge is 2.28. The van der Waals surface area contributed by atoms with Crippen LogP contribution in [0.25, 0.3) is 0 Å². The molecule has 0 rings (SSSR count). The van der Waals surface area contributed by atoms with Crippen molar-refractivity contribution in [3.05, 3.63) is 0 Å². The smallest absolute Gasteiger partial charge is 0.326 e. The largest absolute Gasteiger partial charge is 0.481 e. The molecular formula is C17H32N4O6. The molecule has 0 fully saturated rings. The summed E-state index contributed by atoms with van der Waals surface area (Å²) in [6.45, 7) is 4.19. The minimum Gasteiger partial charge on any atom is -0.481 e. The number of hydrogen-bond acceptors (Lipinski definition) is 6. The molecule has 2 amide bonds. The normalized spacial score (nSPS) is 14.3. The van der Waals surface area contributed by atoms with Gasteiger partial charge in [0.1, 0.15) is 12.1 Å². The Hall–Kier alpha value is -2.20. The van der Waals surface area contributed by atoms with Crippen LogP contribution < -0.4 is 22.1 Å². The Kier molecular flexibility index (Phi) is 12.0. The molecule has 0 aliphatic rings. The number of aliphatic carboxylic acids is 2. The first-order valence-corrected chi connectivity index (χ1v) is 9.09. The zero-order valence-corrected chi connectivity index (χ0v) is 15.9. The van der Waals surface area contributed by atoms with Crippen LogP contribution >= 0.6 is 0 Å². The van der Waals surface area contributed by atoms with Crippen molar-refractivity contribution in [3.8, 4) is 0 Å². The van der Waals surface area contributed by atoms with Gasteiger partial charge in [-0.05, 0) is 44.6 Å². The Morgan fingerprint density at radius 2 is 1.52 bits per heavy atom. The molecule has 0 aromatic rings. The molecule has 8 N–H and O–H groups in total. The van der Waals surface area contributed by atoms with Crippen molar-refractivity contribution in [2.24, 2.45) is 17.4 Å². The quantitative estimate of drug-likeness (QED) is 0.213. The van der Waals surface area contributed by atoms with Crippen LogP contribution in [-0.4, -0.2) is 58.6 Å². The molecule has 0 aliphatic carbocycles. The molecule has 3 atom stereocenters. The van der Waals surface area contributed by atoms with Crippen molar-refractivity contribution >= 4 is 23.8 Å². The minimum absolute atomic E-state index is 0.163. The van der Waals surface area contributed by atoms with Crippen LogP contribution in [0.5, 0.6) is 0 Å². The van der Waals surface area contributed by atoms with Crippen LogP contribution in [0.15, 0.2) is 0 Å². The summed E-state index contributed by atoms with van der Waals surface area (Å²) < 4.78 is 0. The van der Waals surface area contributed by atoms with Crippen LogP contribution in [-0.2, 0) is 19.2 Å². The zero-order chi connectivity index (χ0) is 21.0. The topological polar surface area (TPSA) is 185 Å². The van der Waals surface area contributed by atoms with Gasteiger partial charge in [-0.3, -0.25) is 14.4 Å². The molecular weight excluding hydrogens is 356 g/mol. The third-order valence-corrected chi connectivity index (χ3v) is 3.90. The third-order valence-electron chi connectivity index (χ3n) is 3.90. The van der Waals surface area contributed by atoms with E-state index in [0.717, 1.165) is 0 Å². The van der Waals surface area contributed by atoms with Gasteiger partial charge in [0.2, 0.25) is 11.8 Å². The molecule has 0 bridgehead atoms. The molecule has 0 saturated carbocycles. The molecule has 0 aromatic carbocycles. The second kappa shape index (κ2) is 13.0. The molecule has 27 heavy (non-hydrogen) atoms. The van der Waals surface area contributed by atoms with Gasteiger partial charge in [0.15, 0.2) is 0 Å². The lowest BCUT2D eigenvalue weighted by atomic mass is 10.0. The van der Waals surface area contributed by atoms with Gasteiger partial charge in [-0.1, -0.05) is 13.8 Å². The van der Waals surface area contributed by atoms with Crippen molar-refractivity contribution in [3.63, 3.8) is 0 Å². The number of nitrogens with one attached hydrogen (secondary N) is 2. The molecule has 10 heteroatoms. The van der Waals surface area contributed by atoms with Gasteiger partial charge in [-0.2, -0.15) is 0 Å². The number of amides is 2. The number of carboxylic acid groups (broad SMARTS) is 2. The zero-order valence-electron chi connectivity index (χ0n) is 15.9. The summed E-state index contributed by atoms with van der Waals surface area (Å²) in [6.07, 6.45) is 1.18. The Morgan fingerprint density at radius 1 is 0.926 bits per heavy atom. The summed E-state index contributed by atoms with van der Waals surface area (Å²) in [5, 5.41) is 22.9. The van der Waals surface area contributed by atoms with E-state index in [2.05, 4.69) is 10.6 Å². The fourth-order valence-corrected chi connectivity index (χ4v) is 2.45. The van der Waals surface area contributed by atoms with E-state index in [0.29, 0.717) is 25.8 Å². The highest BCUT2D eigenvalue weighted by Crippen LogP contribution is 2.06. The lowest BCUT2D eigenvalue weighted by Crippen LogP contribution is -2.54. The van der Waals surface area contributed by atoms with Crippen molar-refractivity contribution in [2.45, 2.75) is 70.5 Å². The predicted octanol–water partition coefficient (Wildman–Crippen LogP) is -0.592. The summed E-state index contributed by atoms with van der Waals surface area (Å²) in [6, 6.07) is -3.16. The Morgan fingerprint density at radius 3 is 2.00 bits per heavy atom. The van der Waals surface area contributed by atoms with E-state index in [1.54, 1.807) is 0 Å². The number of unbranched alkanes of at least 4 members (excludes halogenated alkanes) is 1. The maximum absolute atomic E-state index is 12.4. The molecule has 10 nitrogen and oxygen atoms in total. The van der Waals surface area contributed by atoms with Crippen LogP contribution in [0.1, 0.15) is 52.4 Å².